The third-order valence-electron chi connectivity index (χ3n) is 3.43. The molecule has 1 saturated carbocycles. The summed E-state index contributed by atoms with van der Waals surface area (Å²) >= 11 is 1.41. The van der Waals surface area contributed by atoms with Crippen molar-refractivity contribution in [1.82, 2.24) is 9.88 Å². The number of nitrogens with two attached hydrogens (primary N) is 1. The monoisotopic (exact) mass is 296 g/mol. The summed E-state index contributed by atoms with van der Waals surface area (Å²) in [5, 5.41) is 0.833. The van der Waals surface area contributed by atoms with E-state index in [0.717, 1.165) is 43.9 Å². The van der Waals surface area contributed by atoms with E-state index in [0.29, 0.717) is 16.7 Å². The van der Waals surface area contributed by atoms with Crippen molar-refractivity contribution >= 4 is 28.2 Å². The maximum absolute atomic E-state index is 12.6. The molecule has 5 nitrogen and oxygen atoms in total. The molecule has 0 aliphatic heterocycles. The van der Waals surface area contributed by atoms with E-state index >= 15 is 0 Å². The Labute approximate surface area is 124 Å². The minimum absolute atomic E-state index is 0.0560. The van der Waals surface area contributed by atoms with Gasteiger partial charge in [0.25, 0.3) is 5.91 Å². The van der Waals surface area contributed by atoms with Gasteiger partial charge in [-0.2, -0.15) is 0 Å². The molecule has 1 heterocycles. The number of carbonyl (C=O) groups is 1. The Kier molecular flexibility index (Phi) is 4.86. The zero-order valence-corrected chi connectivity index (χ0v) is 13.4. The molecule has 2 N–H and O–H groups in total. The van der Waals surface area contributed by atoms with Crippen molar-refractivity contribution in [2.24, 2.45) is 0 Å². The quantitative estimate of drug-likeness (QED) is 0.840. The van der Waals surface area contributed by atoms with E-state index in [4.69, 9.17) is 5.73 Å². The predicted octanol–water partition coefficient (Wildman–Crippen LogP) is 2.59. The third kappa shape index (κ3) is 3.23. The summed E-state index contributed by atoms with van der Waals surface area (Å²) in [6, 6.07) is 0.417. The first-order valence-electron chi connectivity index (χ1n) is 7.36. The lowest BCUT2D eigenvalue weighted by atomic mass is 10.3. The van der Waals surface area contributed by atoms with Gasteiger partial charge < -0.3 is 15.5 Å². The maximum atomic E-state index is 12.6. The molecule has 0 bridgehead atoms. The van der Waals surface area contributed by atoms with Crippen molar-refractivity contribution in [1.29, 1.82) is 0 Å². The fraction of sp³-hybridized carbons (Fsp3) is 0.714. The van der Waals surface area contributed by atoms with Crippen molar-refractivity contribution in [2.45, 2.75) is 45.6 Å². The number of nitrogens with zero attached hydrogens (tertiary/aromatic N) is 3. The topological polar surface area (TPSA) is 62.5 Å². The number of rotatable bonds is 7. The summed E-state index contributed by atoms with van der Waals surface area (Å²) in [5.74, 6) is 0.431. The molecule has 0 atom stereocenters. The van der Waals surface area contributed by atoms with Crippen LogP contribution in [0.1, 0.15) is 49.2 Å². The molecule has 0 spiro atoms. The Hall–Kier alpha value is -1.30. The Morgan fingerprint density at radius 1 is 1.35 bits per heavy atom. The molecule has 0 aromatic carbocycles. The average Bonchev–Trinajstić information content (AvgIpc) is 3.18. The van der Waals surface area contributed by atoms with Crippen LogP contribution in [-0.2, 0) is 0 Å². The summed E-state index contributed by atoms with van der Waals surface area (Å²) in [6.07, 6.45) is 4.26. The lowest BCUT2D eigenvalue weighted by Gasteiger charge is -2.20. The molecule has 0 radical (unpaired) electrons. The summed E-state index contributed by atoms with van der Waals surface area (Å²) in [6.45, 7) is 5.94. The van der Waals surface area contributed by atoms with Crippen LogP contribution in [0.25, 0.3) is 0 Å². The molecule has 6 heteroatoms. The van der Waals surface area contributed by atoms with Gasteiger partial charge in [-0.05, 0) is 25.7 Å². The van der Waals surface area contributed by atoms with E-state index in [1.807, 2.05) is 11.9 Å². The summed E-state index contributed by atoms with van der Waals surface area (Å²) in [7, 11) is 1.99. The van der Waals surface area contributed by atoms with E-state index in [2.05, 4.69) is 23.7 Å². The molecule has 2 rings (SSSR count). The highest BCUT2D eigenvalue weighted by Gasteiger charge is 2.34. The smallest absolute Gasteiger partial charge is 0.268 e. The molecule has 112 valence electrons. The van der Waals surface area contributed by atoms with Crippen molar-refractivity contribution in [3.05, 3.63) is 4.88 Å². The SMILES string of the molecule is CCCN(C)c1nc(N)c(C(=O)N(CCC)C2CC2)s1. The van der Waals surface area contributed by atoms with Gasteiger partial charge in [-0.3, -0.25) is 4.79 Å². The fourth-order valence-electron chi connectivity index (χ4n) is 2.28. The number of anilines is 2. The molecule has 0 unspecified atom stereocenters. The molecular weight excluding hydrogens is 272 g/mol. The fourth-order valence-corrected chi connectivity index (χ4v) is 3.20. The summed E-state index contributed by atoms with van der Waals surface area (Å²) in [5.41, 5.74) is 5.96. The molecule has 0 saturated heterocycles. The molecule has 1 fully saturated rings. The number of nitrogen functional groups attached to an aromatic ring is 1. The van der Waals surface area contributed by atoms with Crippen LogP contribution in [-0.4, -0.2) is 42.0 Å². The number of aromatic nitrogens is 1. The Morgan fingerprint density at radius 2 is 2.00 bits per heavy atom. The standard InChI is InChI=1S/C14H24N4OS/c1-4-8-17(3)14-16-12(15)11(20-14)13(19)18(9-5-2)10-6-7-10/h10H,4-9,15H2,1-3H3. The van der Waals surface area contributed by atoms with Crippen LogP contribution in [0, 0.1) is 0 Å². The molecule has 1 amide bonds. The second-order valence-electron chi connectivity index (χ2n) is 5.36. The van der Waals surface area contributed by atoms with Gasteiger partial charge in [0.2, 0.25) is 0 Å². The highest BCUT2D eigenvalue weighted by molar-refractivity contribution is 7.18. The Morgan fingerprint density at radius 3 is 2.55 bits per heavy atom. The number of hydrogen-bond donors (Lipinski definition) is 1. The van der Waals surface area contributed by atoms with Crippen LogP contribution in [0.4, 0.5) is 10.9 Å². The van der Waals surface area contributed by atoms with Gasteiger partial charge in [0.15, 0.2) is 5.13 Å². The number of thiazole rings is 1. The van der Waals surface area contributed by atoms with Crippen molar-refractivity contribution < 1.29 is 4.79 Å². The predicted molar refractivity (Wildman–Crippen MR) is 84.4 cm³/mol. The van der Waals surface area contributed by atoms with Gasteiger partial charge in [-0.1, -0.05) is 25.2 Å². The number of amides is 1. The van der Waals surface area contributed by atoms with E-state index in [-0.39, 0.29) is 5.91 Å². The Bertz CT molecular complexity index is 470. The van der Waals surface area contributed by atoms with Gasteiger partial charge in [-0.25, -0.2) is 4.98 Å². The molecule has 1 aromatic rings. The second kappa shape index (κ2) is 6.43. The lowest BCUT2D eigenvalue weighted by Crippen LogP contribution is -2.33. The number of carbonyl (C=O) groups excluding carboxylic acids is 1. The van der Waals surface area contributed by atoms with Crippen LogP contribution < -0.4 is 10.6 Å². The van der Waals surface area contributed by atoms with Gasteiger partial charge in [-0.15, -0.1) is 0 Å². The molecular formula is C14H24N4OS. The van der Waals surface area contributed by atoms with Crippen LogP contribution in [0.2, 0.25) is 0 Å². The van der Waals surface area contributed by atoms with Crippen molar-refractivity contribution in [3.63, 3.8) is 0 Å². The molecule has 1 aliphatic carbocycles. The van der Waals surface area contributed by atoms with Crippen LogP contribution in [0.3, 0.4) is 0 Å². The minimum Gasteiger partial charge on any atom is -0.382 e. The van der Waals surface area contributed by atoms with Gasteiger partial charge in [0, 0.05) is 26.2 Å². The first-order chi connectivity index (χ1) is 9.58. The van der Waals surface area contributed by atoms with Crippen molar-refractivity contribution in [3.8, 4) is 0 Å². The largest absolute Gasteiger partial charge is 0.382 e. The lowest BCUT2D eigenvalue weighted by molar-refractivity contribution is 0.0749. The van der Waals surface area contributed by atoms with Gasteiger partial charge in [0.1, 0.15) is 10.7 Å². The summed E-state index contributed by atoms with van der Waals surface area (Å²) < 4.78 is 0. The first-order valence-corrected chi connectivity index (χ1v) is 8.18. The highest BCUT2D eigenvalue weighted by Crippen LogP contribution is 2.33. The highest BCUT2D eigenvalue weighted by atomic mass is 32.1. The van der Waals surface area contributed by atoms with E-state index in [1.54, 1.807) is 0 Å². The van der Waals surface area contributed by atoms with E-state index in [9.17, 15) is 4.79 Å². The minimum atomic E-state index is 0.0560. The average molecular weight is 296 g/mol. The first kappa shape index (κ1) is 15.1. The van der Waals surface area contributed by atoms with E-state index < -0.39 is 0 Å². The zero-order valence-electron chi connectivity index (χ0n) is 12.6. The van der Waals surface area contributed by atoms with Crippen LogP contribution >= 0.6 is 11.3 Å². The molecule has 1 aliphatic rings. The summed E-state index contributed by atoms with van der Waals surface area (Å²) in [4.78, 5) is 21.6. The van der Waals surface area contributed by atoms with Gasteiger partial charge in [0.05, 0.1) is 0 Å². The zero-order chi connectivity index (χ0) is 14.7. The van der Waals surface area contributed by atoms with Crippen LogP contribution in [0.15, 0.2) is 0 Å². The van der Waals surface area contributed by atoms with E-state index in [1.165, 1.54) is 11.3 Å². The third-order valence-corrected chi connectivity index (χ3v) is 4.61. The van der Waals surface area contributed by atoms with Gasteiger partial charge >= 0.3 is 0 Å². The number of hydrogen-bond acceptors (Lipinski definition) is 5. The molecule has 20 heavy (non-hydrogen) atoms. The normalized spacial score (nSPS) is 14.3. The van der Waals surface area contributed by atoms with Crippen LogP contribution in [0.5, 0.6) is 0 Å². The molecule has 1 aromatic heterocycles. The van der Waals surface area contributed by atoms with Crippen molar-refractivity contribution in [2.75, 3.05) is 30.8 Å². The maximum Gasteiger partial charge on any atom is 0.268 e. The Balaban J connectivity index is 2.16. The second-order valence-corrected chi connectivity index (χ2v) is 6.34.